The Kier molecular flexibility index (Phi) is 4.82. The van der Waals surface area contributed by atoms with E-state index in [1.807, 2.05) is 12.1 Å². The Balaban J connectivity index is 1.91. The summed E-state index contributed by atoms with van der Waals surface area (Å²) in [7, 11) is 0. The lowest BCUT2D eigenvalue weighted by molar-refractivity contribution is -0.148. The van der Waals surface area contributed by atoms with Crippen molar-refractivity contribution in [1.82, 2.24) is 5.32 Å². The molecule has 0 spiro atoms. The van der Waals surface area contributed by atoms with Gasteiger partial charge < -0.3 is 10.4 Å². The van der Waals surface area contributed by atoms with Crippen LogP contribution in [0.15, 0.2) is 27.1 Å². The molecule has 2 rings (SSSR count). The molecule has 1 aliphatic carbocycles. The van der Waals surface area contributed by atoms with Gasteiger partial charge in [0, 0.05) is 8.95 Å². The molecule has 0 radical (unpaired) electrons. The van der Waals surface area contributed by atoms with Crippen LogP contribution in [0.1, 0.15) is 19.3 Å². The molecular weight excluding hydrogens is 392 g/mol. The number of nitrogens with one attached hydrogen (secondary N) is 2. The number of carboxylic acids is 1. The molecule has 1 aliphatic rings. The van der Waals surface area contributed by atoms with Gasteiger partial charge in [-0.15, -0.1) is 0 Å². The fourth-order valence-electron chi connectivity index (χ4n) is 2.03. The van der Waals surface area contributed by atoms with Crippen LogP contribution >= 0.6 is 31.9 Å². The molecule has 0 bridgehead atoms. The van der Waals surface area contributed by atoms with E-state index in [4.69, 9.17) is 5.11 Å². The van der Waals surface area contributed by atoms with E-state index in [-0.39, 0.29) is 12.5 Å². The molecule has 1 aromatic rings. The van der Waals surface area contributed by atoms with Gasteiger partial charge in [-0.05, 0) is 53.4 Å². The Morgan fingerprint density at radius 3 is 2.50 bits per heavy atom. The Labute approximate surface area is 133 Å². The highest BCUT2D eigenvalue weighted by molar-refractivity contribution is 9.11. The monoisotopic (exact) mass is 404 g/mol. The molecule has 0 aliphatic heterocycles. The van der Waals surface area contributed by atoms with Gasteiger partial charge in [-0.3, -0.25) is 14.9 Å². The Morgan fingerprint density at radius 2 is 2.00 bits per heavy atom. The first kappa shape index (κ1) is 15.5. The number of rotatable bonds is 5. The summed E-state index contributed by atoms with van der Waals surface area (Å²) in [4.78, 5) is 23.0. The third-order valence-electron chi connectivity index (χ3n) is 3.41. The van der Waals surface area contributed by atoms with Gasteiger partial charge in [-0.1, -0.05) is 15.9 Å². The summed E-state index contributed by atoms with van der Waals surface area (Å²) in [5.74, 6) is -1.15. The van der Waals surface area contributed by atoms with Gasteiger partial charge in [-0.2, -0.15) is 0 Å². The van der Waals surface area contributed by atoms with Crippen LogP contribution in [0.25, 0.3) is 0 Å². The molecule has 20 heavy (non-hydrogen) atoms. The number of halogens is 2. The number of hydrogen-bond donors (Lipinski definition) is 3. The molecule has 3 N–H and O–H groups in total. The minimum atomic E-state index is -0.922. The van der Waals surface area contributed by atoms with Gasteiger partial charge in [0.2, 0.25) is 5.91 Å². The Morgan fingerprint density at radius 1 is 1.30 bits per heavy atom. The molecule has 0 aromatic heterocycles. The van der Waals surface area contributed by atoms with E-state index in [0.29, 0.717) is 18.5 Å². The van der Waals surface area contributed by atoms with Crippen molar-refractivity contribution >= 4 is 49.4 Å². The van der Waals surface area contributed by atoms with Crippen molar-refractivity contribution in [2.75, 3.05) is 11.9 Å². The van der Waals surface area contributed by atoms with E-state index in [9.17, 15) is 9.59 Å². The van der Waals surface area contributed by atoms with Crippen molar-refractivity contribution < 1.29 is 14.7 Å². The number of hydrogen-bond acceptors (Lipinski definition) is 3. The number of aliphatic carboxylic acids is 1. The number of benzene rings is 1. The van der Waals surface area contributed by atoms with Gasteiger partial charge in [-0.25, -0.2) is 0 Å². The summed E-state index contributed by atoms with van der Waals surface area (Å²) in [5, 5.41) is 14.7. The van der Waals surface area contributed by atoms with Gasteiger partial charge in [0.05, 0.1) is 12.2 Å². The van der Waals surface area contributed by atoms with Crippen molar-refractivity contribution in [3.8, 4) is 0 Å². The summed E-state index contributed by atoms with van der Waals surface area (Å²) >= 11 is 6.69. The van der Waals surface area contributed by atoms with Crippen LogP contribution in [0.5, 0.6) is 0 Å². The normalized spacial score (nSPS) is 16.3. The zero-order valence-electron chi connectivity index (χ0n) is 10.6. The summed E-state index contributed by atoms with van der Waals surface area (Å²) in [6.07, 6.45) is 2.01. The molecule has 0 saturated heterocycles. The zero-order chi connectivity index (χ0) is 14.8. The van der Waals surface area contributed by atoms with Gasteiger partial charge in [0.1, 0.15) is 5.54 Å². The lowest BCUT2D eigenvalue weighted by atomic mass is 9.77. The lowest BCUT2D eigenvalue weighted by Gasteiger charge is -2.38. The molecule has 1 amide bonds. The molecule has 7 heteroatoms. The van der Waals surface area contributed by atoms with Gasteiger partial charge in [0.15, 0.2) is 0 Å². The summed E-state index contributed by atoms with van der Waals surface area (Å²) in [5.41, 5.74) is -0.271. The van der Waals surface area contributed by atoms with E-state index in [0.717, 1.165) is 15.4 Å². The molecule has 0 heterocycles. The second kappa shape index (κ2) is 6.24. The van der Waals surface area contributed by atoms with Crippen LogP contribution in [0.4, 0.5) is 5.69 Å². The second-order valence-electron chi connectivity index (χ2n) is 4.77. The van der Waals surface area contributed by atoms with Crippen LogP contribution in [0.2, 0.25) is 0 Å². The molecule has 1 saturated carbocycles. The molecular formula is C13H14Br2N2O3. The quantitative estimate of drug-likeness (QED) is 0.703. The lowest BCUT2D eigenvalue weighted by Crippen LogP contribution is -2.58. The fraction of sp³-hybridized carbons (Fsp3) is 0.385. The van der Waals surface area contributed by atoms with Crippen LogP contribution < -0.4 is 10.6 Å². The maximum absolute atomic E-state index is 11.9. The standard InChI is InChI=1S/C13H14Br2N2O3/c14-8-2-3-10(9(15)6-8)17-11(18)7-16-13(12(19)20)4-1-5-13/h2-3,6,16H,1,4-5,7H2,(H,17,18)(H,19,20). The van der Waals surface area contributed by atoms with Crippen LogP contribution in [-0.4, -0.2) is 29.1 Å². The van der Waals surface area contributed by atoms with Gasteiger partial charge in [0.25, 0.3) is 0 Å². The third kappa shape index (κ3) is 3.39. The number of carbonyl (C=O) groups is 2. The highest BCUT2D eigenvalue weighted by Gasteiger charge is 2.44. The molecule has 5 nitrogen and oxygen atoms in total. The maximum atomic E-state index is 11.9. The highest BCUT2D eigenvalue weighted by Crippen LogP contribution is 2.32. The first-order chi connectivity index (χ1) is 9.43. The minimum Gasteiger partial charge on any atom is -0.480 e. The fourth-order valence-corrected chi connectivity index (χ4v) is 3.18. The summed E-state index contributed by atoms with van der Waals surface area (Å²) in [6, 6.07) is 5.41. The number of carboxylic acid groups (broad SMARTS) is 1. The molecule has 108 valence electrons. The van der Waals surface area contributed by atoms with Crippen LogP contribution in [0, 0.1) is 0 Å². The molecule has 1 aromatic carbocycles. The van der Waals surface area contributed by atoms with E-state index >= 15 is 0 Å². The number of anilines is 1. The number of amides is 1. The average Bonchev–Trinajstić information content (AvgIpc) is 2.31. The van der Waals surface area contributed by atoms with E-state index in [2.05, 4.69) is 42.5 Å². The predicted molar refractivity (Wildman–Crippen MR) is 82.7 cm³/mol. The van der Waals surface area contributed by atoms with Crippen LogP contribution in [0.3, 0.4) is 0 Å². The molecule has 1 fully saturated rings. The second-order valence-corrected chi connectivity index (χ2v) is 6.54. The zero-order valence-corrected chi connectivity index (χ0v) is 13.8. The van der Waals surface area contributed by atoms with E-state index in [1.165, 1.54) is 0 Å². The third-order valence-corrected chi connectivity index (χ3v) is 4.56. The topological polar surface area (TPSA) is 78.4 Å². The average molecular weight is 406 g/mol. The Bertz CT molecular complexity index is 544. The largest absolute Gasteiger partial charge is 0.480 e. The Hall–Kier alpha value is -0.920. The van der Waals surface area contributed by atoms with Crippen molar-refractivity contribution in [1.29, 1.82) is 0 Å². The first-order valence-corrected chi connectivity index (χ1v) is 7.75. The summed E-state index contributed by atoms with van der Waals surface area (Å²) < 4.78 is 1.66. The SMILES string of the molecule is O=C(CNC1(C(=O)O)CCC1)Nc1ccc(Br)cc1Br. The predicted octanol–water partition coefficient (Wildman–Crippen LogP) is 2.75. The van der Waals surface area contributed by atoms with Crippen molar-refractivity contribution in [2.45, 2.75) is 24.8 Å². The minimum absolute atomic E-state index is 0.0190. The smallest absolute Gasteiger partial charge is 0.323 e. The van der Waals surface area contributed by atoms with Crippen LogP contribution in [-0.2, 0) is 9.59 Å². The molecule has 0 atom stereocenters. The summed E-state index contributed by atoms with van der Waals surface area (Å²) in [6.45, 7) is -0.0190. The van der Waals surface area contributed by atoms with E-state index in [1.54, 1.807) is 6.07 Å². The highest BCUT2D eigenvalue weighted by atomic mass is 79.9. The maximum Gasteiger partial charge on any atom is 0.323 e. The van der Waals surface area contributed by atoms with Gasteiger partial charge >= 0.3 is 5.97 Å². The van der Waals surface area contributed by atoms with Crippen molar-refractivity contribution in [2.24, 2.45) is 0 Å². The molecule has 0 unspecified atom stereocenters. The van der Waals surface area contributed by atoms with E-state index < -0.39 is 11.5 Å². The number of carbonyl (C=O) groups excluding carboxylic acids is 1. The van der Waals surface area contributed by atoms with Crippen molar-refractivity contribution in [3.63, 3.8) is 0 Å². The van der Waals surface area contributed by atoms with Crippen molar-refractivity contribution in [3.05, 3.63) is 27.1 Å². The first-order valence-electron chi connectivity index (χ1n) is 6.16.